The van der Waals surface area contributed by atoms with Crippen molar-refractivity contribution in [3.05, 3.63) is 62.0 Å². The summed E-state index contributed by atoms with van der Waals surface area (Å²) in [7, 11) is 0. The minimum Gasteiger partial charge on any atom is -0.487 e. The number of hydrogen-bond acceptors (Lipinski definition) is 2. The first kappa shape index (κ1) is 15.6. The van der Waals surface area contributed by atoms with E-state index < -0.39 is 6.10 Å². The van der Waals surface area contributed by atoms with Crippen molar-refractivity contribution in [2.24, 2.45) is 0 Å². The molecule has 0 aliphatic carbocycles. The van der Waals surface area contributed by atoms with E-state index in [0.717, 1.165) is 15.6 Å². The molecule has 1 N–H and O–H groups in total. The fraction of sp³-hybridized carbons (Fsp3) is 0.200. The summed E-state index contributed by atoms with van der Waals surface area (Å²) in [5.74, 6) is 0.565. The highest BCUT2D eigenvalue weighted by atomic mass is 79.9. The molecule has 0 aliphatic rings. The van der Waals surface area contributed by atoms with Gasteiger partial charge in [0, 0.05) is 15.1 Å². The van der Waals surface area contributed by atoms with Gasteiger partial charge in [0.1, 0.15) is 12.4 Å². The first-order valence-electron chi connectivity index (χ1n) is 6.01. The lowest BCUT2D eigenvalue weighted by molar-refractivity contribution is 0.199. The van der Waals surface area contributed by atoms with Gasteiger partial charge in [-0.2, -0.15) is 0 Å². The van der Waals surface area contributed by atoms with E-state index in [1.165, 1.54) is 0 Å². The number of aliphatic hydroxyl groups excluding tert-OH is 1. The number of ether oxygens (including phenoxy) is 1. The molecule has 0 unspecified atom stereocenters. The van der Waals surface area contributed by atoms with Gasteiger partial charge in [0.2, 0.25) is 0 Å². The molecular weight excluding hydrogens is 363 g/mol. The number of aliphatic hydroxyl groups is 1. The zero-order chi connectivity index (χ0) is 14.7. The molecule has 0 amide bonds. The molecule has 1 atom stereocenters. The molecule has 2 nitrogen and oxygen atoms in total. The number of halogens is 3. The second-order valence-electron chi connectivity index (χ2n) is 4.39. The molecule has 0 fully saturated rings. The van der Waals surface area contributed by atoms with Gasteiger partial charge in [-0.15, -0.1) is 0 Å². The Balaban J connectivity index is 2.11. The summed E-state index contributed by atoms with van der Waals surface area (Å²) < 4.78 is 6.59. The van der Waals surface area contributed by atoms with E-state index >= 15 is 0 Å². The molecule has 0 saturated carbocycles. The zero-order valence-electron chi connectivity index (χ0n) is 10.7. The van der Waals surface area contributed by atoms with Crippen molar-refractivity contribution in [3.8, 4) is 5.75 Å². The molecule has 106 valence electrons. The predicted octanol–water partition coefficient (Wildman–Crippen LogP) is 5.39. The second kappa shape index (κ2) is 6.81. The van der Waals surface area contributed by atoms with Crippen LogP contribution in [0, 0.1) is 0 Å². The second-order valence-corrected chi connectivity index (χ2v) is 6.12. The van der Waals surface area contributed by atoms with Crippen LogP contribution in [0.3, 0.4) is 0 Å². The number of benzene rings is 2. The highest BCUT2D eigenvalue weighted by Crippen LogP contribution is 2.29. The molecular formula is C15H13BrCl2O2. The van der Waals surface area contributed by atoms with Gasteiger partial charge in [-0.25, -0.2) is 0 Å². The molecule has 5 heteroatoms. The Kier molecular flexibility index (Phi) is 5.33. The average Bonchev–Trinajstić information content (AvgIpc) is 2.38. The lowest BCUT2D eigenvalue weighted by Crippen LogP contribution is -1.98. The van der Waals surface area contributed by atoms with Crippen molar-refractivity contribution in [1.82, 2.24) is 0 Å². The van der Waals surface area contributed by atoms with Crippen molar-refractivity contribution >= 4 is 39.1 Å². The Hall–Kier alpha value is -0.740. The maximum atomic E-state index is 9.49. The van der Waals surface area contributed by atoms with Gasteiger partial charge in [0.05, 0.1) is 11.1 Å². The third kappa shape index (κ3) is 3.89. The standard InChI is InChI=1S/C15H13BrCl2O2/c1-9(19)10-3-5-15(14(18)6-10)20-8-11-2-4-12(16)7-13(11)17/h2-7,9,19H,8H2,1H3/t9-/m1/s1. The Bertz CT molecular complexity index is 615. The molecule has 0 heterocycles. The van der Waals surface area contributed by atoms with E-state index in [2.05, 4.69) is 15.9 Å². The molecule has 2 aromatic carbocycles. The van der Waals surface area contributed by atoms with Crippen molar-refractivity contribution < 1.29 is 9.84 Å². The van der Waals surface area contributed by atoms with Crippen molar-refractivity contribution in [3.63, 3.8) is 0 Å². The smallest absolute Gasteiger partial charge is 0.138 e. The summed E-state index contributed by atoms with van der Waals surface area (Å²) in [4.78, 5) is 0. The van der Waals surface area contributed by atoms with Crippen LogP contribution in [-0.4, -0.2) is 5.11 Å². The molecule has 0 aromatic heterocycles. The maximum Gasteiger partial charge on any atom is 0.138 e. The largest absolute Gasteiger partial charge is 0.487 e. The minimum atomic E-state index is -0.553. The van der Waals surface area contributed by atoms with Crippen LogP contribution >= 0.6 is 39.1 Å². The summed E-state index contributed by atoms with van der Waals surface area (Å²) >= 11 is 15.6. The summed E-state index contributed by atoms with van der Waals surface area (Å²) in [6.07, 6.45) is -0.553. The zero-order valence-corrected chi connectivity index (χ0v) is 13.8. The van der Waals surface area contributed by atoms with Gasteiger partial charge in [0.15, 0.2) is 0 Å². The van der Waals surface area contributed by atoms with E-state index in [4.69, 9.17) is 27.9 Å². The third-order valence-corrected chi connectivity index (χ3v) is 3.98. The van der Waals surface area contributed by atoms with Gasteiger partial charge in [0.25, 0.3) is 0 Å². The Morgan fingerprint density at radius 2 is 1.90 bits per heavy atom. The van der Waals surface area contributed by atoms with Gasteiger partial charge in [-0.3, -0.25) is 0 Å². The van der Waals surface area contributed by atoms with Crippen LogP contribution in [0.1, 0.15) is 24.2 Å². The molecule has 0 saturated heterocycles. The van der Waals surface area contributed by atoms with E-state index in [1.54, 1.807) is 25.1 Å². The van der Waals surface area contributed by atoms with Crippen LogP contribution in [0.5, 0.6) is 5.75 Å². The van der Waals surface area contributed by atoms with Crippen molar-refractivity contribution in [2.75, 3.05) is 0 Å². The van der Waals surface area contributed by atoms with E-state index in [9.17, 15) is 5.11 Å². The molecule has 20 heavy (non-hydrogen) atoms. The monoisotopic (exact) mass is 374 g/mol. The normalized spacial score (nSPS) is 12.2. The Morgan fingerprint density at radius 1 is 1.15 bits per heavy atom. The maximum absolute atomic E-state index is 9.49. The molecule has 0 radical (unpaired) electrons. The van der Waals surface area contributed by atoms with Crippen LogP contribution in [-0.2, 0) is 6.61 Å². The number of rotatable bonds is 4. The van der Waals surface area contributed by atoms with Crippen molar-refractivity contribution in [1.29, 1.82) is 0 Å². The third-order valence-electron chi connectivity index (χ3n) is 2.84. The van der Waals surface area contributed by atoms with Crippen LogP contribution in [0.25, 0.3) is 0 Å². The quantitative estimate of drug-likeness (QED) is 0.776. The number of hydrogen-bond donors (Lipinski definition) is 1. The molecule has 2 aromatic rings. The first-order chi connectivity index (χ1) is 9.47. The highest BCUT2D eigenvalue weighted by Gasteiger charge is 2.08. The fourth-order valence-corrected chi connectivity index (χ4v) is 2.66. The SMILES string of the molecule is C[C@@H](O)c1ccc(OCc2ccc(Br)cc2Cl)c(Cl)c1. The van der Waals surface area contributed by atoms with E-state index in [-0.39, 0.29) is 0 Å². The fourth-order valence-electron chi connectivity index (χ4n) is 1.69. The lowest BCUT2D eigenvalue weighted by atomic mass is 10.1. The van der Waals surface area contributed by atoms with E-state index in [1.807, 2.05) is 18.2 Å². The topological polar surface area (TPSA) is 29.5 Å². The van der Waals surface area contributed by atoms with Crippen molar-refractivity contribution in [2.45, 2.75) is 19.6 Å². The summed E-state index contributed by atoms with van der Waals surface area (Å²) in [5.41, 5.74) is 1.63. The Morgan fingerprint density at radius 3 is 2.50 bits per heavy atom. The molecule has 0 bridgehead atoms. The van der Waals surface area contributed by atoms with Gasteiger partial charge < -0.3 is 9.84 Å². The molecule has 2 rings (SSSR count). The highest BCUT2D eigenvalue weighted by molar-refractivity contribution is 9.10. The van der Waals surface area contributed by atoms with Crippen LogP contribution in [0.4, 0.5) is 0 Å². The molecule has 0 spiro atoms. The van der Waals surface area contributed by atoms with Gasteiger partial charge >= 0.3 is 0 Å². The lowest BCUT2D eigenvalue weighted by Gasteiger charge is -2.11. The summed E-state index contributed by atoms with van der Waals surface area (Å²) in [6, 6.07) is 10.8. The van der Waals surface area contributed by atoms with Crippen LogP contribution in [0.15, 0.2) is 40.9 Å². The minimum absolute atomic E-state index is 0.333. The first-order valence-corrected chi connectivity index (χ1v) is 7.56. The van der Waals surface area contributed by atoms with Crippen LogP contribution < -0.4 is 4.74 Å². The van der Waals surface area contributed by atoms with Crippen LogP contribution in [0.2, 0.25) is 10.0 Å². The van der Waals surface area contributed by atoms with Gasteiger partial charge in [-0.05, 0) is 36.8 Å². The average molecular weight is 376 g/mol. The van der Waals surface area contributed by atoms with Gasteiger partial charge in [-0.1, -0.05) is 51.3 Å². The predicted molar refractivity (Wildman–Crippen MR) is 85.6 cm³/mol. The summed E-state index contributed by atoms with van der Waals surface area (Å²) in [5, 5.41) is 10.6. The Labute approximate surface area is 136 Å². The van der Waals surface area contributed by atoms with E-state index in [0.29, 0.717) is 22.4 Å². The molecule has 0 aliphatic heterocycles. The summed E-state index contributed by atoms with van der Waals surface area (Å²) in [6.45, 7) is 2.02.